The van der Waals surface area contributed by atoms with Gasteiger partial charge >= 0.3 is 24.0 Å². The zero-order valence-corrected chi connectivity index (χ0v) is 50.6. The molecule has 0 aromatic carbocycles. The summed E-state index contributed by atoms with van der Waals surface area (Å²) in [4.78, 5) is 64.1. The van der Waals surface area contributed by atoms with Gasteiger partial charge in [0, 0.05) is 44.6 Å². The van der Waals surface area contributed by atoms with Gasteiger partial charge in [-0.15, -0.1) is 0 Å². The first kappa shape index (κ1) is 76.8. The summed E-state index contributed by atoms with van der Waals surface area (Å²) in [5.74, 6) is 0.124. The van der Waals surface area contributed by atoms with Crippen molar-refractivity contribution in [2.45, 2.75) is 240 Å². The minimum atomic E-state index is -0.668. The quantitative estimate of drug-likeness (QED) is 0.0227. The van der Waals surface area contributed by atoms with Gasteiger partial charge < -0.3 is 44.2 Å². The number of carboxylic acids is 1. The van der Waals surface area contributed by atoms with Gasteiger partial charge in [-0.3, -0.25) is 19.2 Å². The smallest absolute Gasteiger partial charge is 0.410 e. The van der Waals surface area contributed by atoms with Crippen LogP contribution >= 0.6 is 11.8 Å². The van der Waals surface area contributed by atoms with Gasteiger partial charge in [-0.25, -0.2) is 4.79 Å². The van der Waals surface area contributed by atoms with Gasteiger partial charge in [-0.05, 0) is 112 Å². The first-order valence-electron chi connectivity index (χ1n) is 29.8. The van der Waals surface area contributed by atoms with Crippen LogP contribution < -0.4 is 0 Å². The summed E-state index contributed by atoms with van der Waals surface area (Å²) in [6.07, 6.45) is 45.4. The average Bonchev–Trinajstić information content (AvgIpc) is 3.37. The molecule has 0 rings (SSSR count). The molecule has 3 N–H and O–H groups in total. The van der Waals surface area contributed by atoms with Crippen molar-refractivity contribution in [2.75, 3.05) is 84.8 Å². The van der Waals surface area contributed by atoms with Gasteiger partial charge in [0.15, 0.2) is 0 Å². The third-order valence-electron chi connectivity index (χ3n) is 11.8. The van der Waals surface area contributed by atoms with Crippen molar-refractivity contribution in [3.05, 3.63) is 36.5 Å². The Hall–Kier alpha value is -3.40. The highest BCUT2D eigenvalue weighted by Crippen LogP contribution is 2.13. The second-order valence-electron chi connectivity index (χ2n) is 20.7. The summed E-state index contributed by atoms with van der Waals surface area (Å²) in [7, 11) is 4.03. The summed E-state index contributed by atoms with van der Waals surface area (Å²) in [6.45, 7) is 13.9. The number of amides is 2. The Morgan fingerprint density at radius 1 is 0.474 bits per heavy atom. The second-order valence-corrected chi connectivity index (χ2v) is 21.9. The standard InChI is InChI=1S/C38H70N2O5S.C14H26O2.C9H19NO4/c1-5-7-9-11-13-15-17-19-21-23-25-27-37(42)44-32-29-40(36(41)35-46-34-31-39(3)4)30-33-45-38(43)28-26-24-22-20-18-16-14-12-10-8-6-2;1-2-3-4-5-6-7-8-9-10-11-12-13-14(15)16;1-9(2,3)14-8(13)10(4-6-11)5-7-12/h11-14H,5-10,15-35H2,1-4H3;5-6H,2-4,7-13H2,1H3,(H,15,16);11-12H,4-7H2,1-3H3/b13-11-,14-12-;6-5-;. The summed E-state index contributed by atoms with van der Waals surface area (Å²) in [5, 5.41) is 25.8. The zero-order valence-electron chi connectivity index (χ0n) is 49.8. The molecular weight excluding hydrogens is 983 g/mol. The Morgan fingerprint density at radius 3 is 1.17 bits per heavy atom. The van der Waals surface area contributed by atoms with E-state index >= 15 is 0 Å². The van der Waals surface area contributed by atoms with Gasteiger partial charge in [-0.1, -0.05) is 154 Å². The maximum absolute atomic E-state index is 12.9. The largest absolute Gasteiger partial charge is 0.481 e. The number of carboxylic acid groups (broad SMARTS) is 1. The summed E-state index contributed by atoms with van der Waals surface area (Å²) < 4.78 is 16.0. The van der Waals surface area contributed by atoms with Crippen LogP contribution in [0.25, 0.3) is 0 Å². The van der Waals surface area contributed by atoms with Crippen molar-refractivity contribution in [1.29, 1.82) is 0 Å². The maximum Gasteiger partial charge on any atom is 0.410 e. The van der Waals surface area contributed by atoms with Crippen LogP contribution in [0.3, 0.4) is 0 Å². The van der Waals surface area contributed by atoms with Crippen molar-refractivity contribution in [3.63, 3.8) is 0 Å². The molecule has 0 aromatic heterocycles. The van der Waals surface area contributed by atoms with Crippen LogP contribution in [0.15, 0.2) is 36.5 Å². The van der Waals surface area contributed by atoms with Gasteiger partial charge in [0.25, 0.3) is 0 Å². The Labute approximate surface area is 469 Å². The van der Waals surface area contributed by atoms with Gasteiger partial charge in [0.05, 0.1) is 32.1 Å². The minimum absolute atomic E-state index is 0.0173. The summed E-state index contributed by atoms with van der Waals surface area (Å²) in [5.41, 5.74) is -0.555. The number of aliphatic hydroxyl groups excluding tert-OH is 2. The molecule has 0 fully saturated rings. The van der Waals surface area contributed by atoms with Gasteiger partial charge in [0.2, 0.25) is 5.91 Å². The van der Waals surface area contributed by atoms with Crippen LogP contribution in [0.1, 0.15) is 234 Å². The van der Waals surface area contributed by atoms with E-state index in [-0.39, 0.29) is 57.4 Å². The van der Waals surface area contributed by atoms with E-state index in [1.165, 1.54) is 114 Å². The number of nitrogens with zero attached hydrogens (tertiary/aromatic N) is 3. The van der Waals surface area contributed by atoms with Crippen LogP contribution in [0, 0.1) is 0 Å². The SMILES string of the molecule is CC(C)(C)OC(=O)N(CCO)CCO.CCCC/C=C\CCCCCCCC(=O)O.CCCC/C=C\CCCCCCCC(=O)OCCN(CCOC(=O)CCCCCCC/C=C\CCCC)C(=O)CSCCN(C)C. The molecule has 0 aliphatic rings. The fourth-order valence-corrected chi connectivity index (χ4v) is 8.27. The first-order valence-corrected chi connectivity index (χ1v) is 30.9. The second kappa shape index (κ2) is 59.3. The number of hydrogen-bond donors (Lipinski definition) is 3. The number of rotatable bonds is 48. The molecule has 14 nitrogen and oxygen atoms in total. The highest BCUT2D eigenvalue weighted by molar-refractivity contribution is 7.99. The van der Waals surface area contributed by atoms with Crippen LogP contribution in [-0.2, 0) is 33.4 Å². The molecule has 446 valence electrons. The number of allylic oxidation sites excluding steroid dienone is 6. The Morgan fingerprint density at radius 2 is 0.829 bits per heavy atom. The molecule has 0 unspecified atom stereocenters. The van der Waals surface area contributed by atoms with E-state index in [9.17, 15) is 24.0 Å². The molecule has 0 saturated heterocycles. The molecular formula is C61H115N3O11S. The van der Waals surface area contributed by atoms with Crippen LogP contribution in [-0.4, -0.2) is 150 Å². The van der Waals surface area contributed by atoms with Crippen molar-refractivity contribution in [1.82, 2.24) is 14.7 Å². The molecule has 0 aliphatic carbocycles. The summed E-state index contributed by atoms with van der Waals surface area (Å²) >= 11 is 1.59. The maximum atomic E-state index is 12.9. The molecule has 15 heteroatoms. The Balaban J connectivity index is -0.00000143. The molecule has 0 aromatic rings. The molecule has 0 radical (unpaired) electrons. The topological polar surface area (TPSA) is 183 Å². The van der Waals surface area contributed by atoms with E-state index in [4.69, 9.17) is 29.5 Å². The first-order chi connectivity index (χ1) is 36.6. The fraction of sp³-hybridized carbons (Fsp3) is 0.820. The fourth-order valence-electron chi connectivity index (χ4n) is 7.27. The molecule has 0 atom stereocenters. The molecule has 0 saturated carbocycles. The Bertz CT molecular complexity index is 1380. The summed E-state index contributed by atoms with van der Waals surface area (Å²) in [6, 6.07) is 0. The van der Waals surface area contributed by atoms with Gasteiger partial charge in [-0.2, -0.15) is 11.8 Å². The lowest BCUT2D eigenvalue weighted by Gasteiger charge is -2.26. The molecule has 0 aliphatic heterocycles. The number of aliphatic carboxylic acids is 1. The van der Waals surface area contributed by atoms with E-state index < -0.39 is 17.7 Å². The molecule has 76 heavy (non-hydrogen) atoms. The number of thioether (sulfide) groups is 1. The number of unbranched alkanes of at least 4 members (excludes halogenated alkanes) is 21. The monoisotopic (exact) mass is 1100 g/mol. The van der Waals surface area contributed by atoms with Crippen molar-refractivity contribution in [2.24, 2.45) is 0 Å². The van der Waals surface area contributed by atoms with Crippen molar-refractivity contribution in [3.8, 4) is 0 Å². The van der Waals surface area contributed by atoms with E-state index in [0.29, 0.717) is 38.1 Å². The molecule has 0 heterocycles. The highest BCUT2D eigenvalue weighted by atomic mass is 32.2. The number of ether oxygens (including phenoxy) is 3. The molecule has 0 spiro atoms. The van der Waals surface area contributed by atoms with Crippen LogP contribution in [0.2, 0.25) is 0 Å². The van der Waals surface area contributed by atoms with E-state index in [1.54, 1.807) is 37.4 Å². The zero-order chi connectivity index (χ0) is 57.2. The van der Waals surface area contributed by atoms with Crippen molar-refractivity contribution < 1.29 is 53.5 Å². The number of esters is 2. The lowest BCUT2D eigenvalue weighted by molar-refractivity contribution is -0.147. The number of carbonyl (C=O) groups is 5. The lowest BCUT2D eigenvalue weighted by Crippen LogP contribution is -2.39. The van der Waals surface area contributed by atoms with Crippen molar-refractivity contribution >= 4 is 41.7 Å². The molecule has 2 amide bonds. The third-order valence-corrected chi connectivity index (χ3v) is 12.8. The van der Waals surface area contributed by atoms with Crippen LogP contribution in [0.5, 0.6) is 0 Å². The predicted molar refractivity (Wildman–Crippen MR) is 317 cm³/mol. The molecule has 0 bridgehead atoms. The average molecular weight is 1100 g/mol. The van der Waals surface area contributed by atoms with E-state index in [2.05, 4.69) is 62.1 Å². The number of hydrogen-bond acceptors (Lipinski definition) is 12. The number of carbonyl (C=O) groups excluding carboxylic acids is 4. The highest BCUT2D eigenvalue weighted by Gasteiger charge is 2.21. The third kappa shape index (κ3) is 63.1. The van der Waals surface area contributed by atoms with E-state index in [0.717, 1.165) is 76.5 Å². The predicted octanol–water partition coefficient (Wildman–Crippen LogP) is 13.9. The van der Waals surface area contributed by atoms with E-state index in [1.807, 2.05) is 14.1 Å². The minimum Gasteiger partial charge on any atom is -0.481 e. The Kier molecular flexibility index (Phi) is 59.9. The normalized spacial score (nSPS) is 11.4. The lowest BCUT2D eigenvalue weighted by atomic mass is 10.1. The van der Waals surface area contributed by atoms with Crippen LogP contribution in [0.4, 0.5) is 4.79 Å². The van der Waals surface area contributed by atoms with Gasteiger partial charge in [0.1, 0.15) is 18.8 Å². The number of aliphatic hydroxyl groups is 2.